The average Bonchev–Trinajstić information content (AvgIpc) is 2.83. The zero-order chi connectivity index (χ0) is 14.3. The Morgan fingerprint density at radius 3 is 2.85 bits per heavy atom. The van der Waals surface area contributed by atoms with Crippen LogP contribution in [0.1, 0.15) is 17.7 Å². The molecule has 20 heavy (non-hydrogen) atoms. The minimum atomic E-state index is -0.143. The van der Waals surface area contributed by atoms with Gasteiger partial charge in [0.15, 0.2) is 0 Å². The van der Waals surface area contributed by atoms with Gasteiger partial charge in [0.2, 0.25) is 0 Å². The van der Waals surface area contributed by atoms with Crippen LogP contribution in [-0.2, 0) is 13.6 Å². The monoisotopic (exact) mass is 356 g/mol. The number of aliphatic hydroxyl groups is 1. The maximum atomic E-state index is 12.1. The van der Waals surface area contributed by atoms with Crippen molar-refractivity contribution in [3.05, 3.63) is 32.0 Å². The summed E-state index contributed by atoms with van der Waals surface area (Å²) in [6.45, 7) is 2.71. The lowest BCUT2D eigenvalue weighted by atomic mass is 10.1. The second-order valence-corrected chi connectivity index (χ2v) is 7.35. The van der Waals surface area contributed by atoms with Crippen LogP contribution in [0.15, 0.2) is 21.5 Å². The Labute approximate surface area is 129 Å². The molecule has 0 aromatic carbocycles. The molecule has 1 fully saturated rings. The van der Waals surface area contributed by atoms with Crippen LogP contribution in [0, 0.1) is 0 Å². The van der Waals surface area contributed by atoms with Crippen LogP contribution in [0.4, 0.5) is 0 Å². The third-order valence-corrected chi connectivity index (χ3v) is 5.81. The molecule has 3 heterocycles. The number of hydrogen-bond acceptors (Lipinski definition) is 4. The Bertz CT molecular complexity index is 686. The number of aliphatic hydroxyl groups excluding tert-OH is 1. The Morgan fingerprint density at radius 1 is 1.45 bits per heavy atom. The molecule has 0 bridgehead atoms. The lowest BCUT2D eigenvalue weighted by Gasteiger charge is -2.28. The molecule has 2 aromatic heterocycles. The fourth-order valence-electron chi connectivity index (χ4n) is 2.63. The lowest BCUT2D eigenvalue weighted by Crippen LogP contribution is -2.35. The molecule has 0 radical (unpaired) electrons. The number of aryl methyl sites for hydroxylation is 1. The number of fused-ring (bicyclic) bond motifs is 1. The van der Waals surface area contributed by atoms with Crippen molar-refractivity contribution in [1.29, 1.82) is 0 Å². The van der Waals surface area contributed by atoms with Gasteiger partial charge in [-0.1, -0.05) is 0 Å². The highest BCUT2D eigenvalue weighted by Crippen LogP contribution is 2.30. The molecule has 0 unspecified atom stereocenters. The molecule has 6 heteroatoms. The summed E-state index contributed by atoms with van der Waals surface area (Å²) in [6.07, 6.45) is 3.37. The molecule has 0 amide bonds. The first-order valence-corrected chi connectivity index (χ1v) is 8.33. The summed E-state index contributed by atoms with van der Waals surface area (Å²) in [6, 6.07) is 2.01. The molecule has 1 aliphatic heterocycles. The van der Waals surface area contributed by atoms with Crippen LogP contribution in [0.3, 0.4) is 0 Å². The normalized spacial score (nSPS) is 17.9. The summed E-state index contributed by atoms with van der Waals surface area (Å²) >= 11 is 5.21. The highest BCUT2D eigenvalue weighted by Gasteiger charge is 2.18. The van der Waals surface area contributed by atoms with Gasteiger partial charge < -0.3 is 9.67 Å². The largest absolute Gasteiger partial charge is 0.393 e. The van der Waals surface area contributed by atoms with Crippen molar-refractivity contribution in [3.8, 4) is 0 Å². The van der Waals surface area contributed by atoms with Gasteiger partial charge in [-0.05, 0) is 34.8 Å². The highest BCUT2D eigenvalue weighted by molar-refractivity contribution is 9.10. The van der Waals surface area contributed by atoms with E-state index in [0.717, 1.165) is 47.0 Å². The van der Waals surface area contributed by atoms with Crippen molar-refractivity contribution in [1.82, 2.24) is 9.47 Å². The first-order chi connectivity index (χ1) is 9.54. The van der Waals surface area contributed by atoms with Crippen molar-refractivity contribution in [2.45, 2.75) is 25.5 Å². The maximum absolute atomic E-state index is 12.1. The molecule has 1 saturated heterocycles. The molecule has 1 N–H and O–H groups in total. The van der Waals surface area contributed by atoms with E-state index in [4.69, 9.17) is 0 Å². The summed E-state index contributed by atoms with van der Waals surface area (Å²) in [5, 5.41) is 10.3. The topological polar surface area (TPSA) is 45.5 Å². The van der Waals surface area contributed by atoms with Gasteiger partial charge >= 0.3 is 0 Å². The summed E-state index contributed by atoms with van der Waals surface area (Å²) in [5.74, 6) is 0. The molecule has 108 valence electrons. The number of halogens is 1. The average molecular weight is 357 g/mol. The molecule has 2 aromatic rings. The number of hydrogen-bond donors (Lipinski definition) is 1. The number of pyridine rings is 1. The molecular weight excluding hydrogens is 340 g/mol. The Kier molecular flexibility index (Phi) is 3.99. The van der Waals surface area contributed by atoms with Crippen molar-refractivity contribution in [3.63, 3.8) is 0 Å². The molecule has 3 rings (SSSR count). The summed E-state index contributed by atoms with van der Waals surface area (Å²) in [5.41, 5.74) is 0.0553. The predicted octanol–water partition coefficient (Wildman–Crippen LogP) is 2.32. The minimum Gasteiger partial charge on any atom is -0.393 e. The molecule has 0 atom stereocenters. The zero-order valence-corrected chi connectivity index (χ0v) is 13.7. The molecule has 4 nitrogen and oxygen atoms in total. The quantitative estimate of drug-likeness (QED) is 0.897. The number of thiophene rings is 1. The molecule has 0 aliphatic carbocycles. The van der Waals surface area contributed by atoms with Crippen LogP contribution in [0.25, 0.3) is 10.1 Å². The fraction of sp³-hybridized carbons (Fsp3) is 0.500. The molecule has 0 saturated carbocycles. The van der Waals surface area contributed by atoms with Crippen molar-refractivity contribution in [2.75, 3.05) is 13.1 Å². The lowest BCUT2D eigenvalue weighted by molar-refractivity contribution is 0.0797. The Balaban J connectivity index is 1.88. The number of aromatic nitrogens is 1. The van der Waals surface area contributed by atoms with E-state index in [1.165, 1.54) is 4.88 Å². The zero-order valence-electron chi connectivity index (χ0n) is 11.3. The smallest absolute Gasteiger partial charge is 0.259 e. The van der Waals surface area contributed by atoms with Crippen LogP contribution >= 0.6 is 27.3 Å². The third kappa shape index (κ3) is 2.70. The molecular formula is C14H17BrN2O2S. The fourth-order valence-corrected chi connectivity index (χ4v) is 4.49. The molecule has 0 spiro atoms. The first-order valence-electron chi connectivity index (χ1n) is 6.72. The van der Waals surface area contributed by atoms with Gasteiger partial charge in [0.05, 0.1) is 20.7 Å². The standard InChI is InChI=1S/C14H17BrN2O2S/c1-16-8-12(15)13-11(14(16)19)6-10(20-13)7-17-4-2-9(18)3-5-17/h6,8-9,18H,2-5,7H2,1H3. The predicted molar refractivity (Wildman–Crippen MR) is 85.3 cm³/mol. The van der Waals surface area contributed by atoms with Crippen LogP contribution in [-0.4, -0.2) is 33.8 Å². The highest BCUT2D eigenvalue weighted by atomic mass is 79.9. The van der Waals surface area contributed by atoms with Crippen molar-refractivity contribution >= 4 is 37.4 Å². The summed E-state index contributed by atoms with van der Waals surface area (Å²) < 4.78 is 3.61. The summed E-state index contributed by atoms with van der Waals surface area (Å²) in [7, 11) is 1.77. The van der Waals surface area contributed by atoms with Gasteiger partial charge in [0.25, 0.3) is 5.56 Å². The van der Waals surface area contributed by atoms with Gasteiger partial charge in [-0.15, -0.1) is 11.3 Å². The van der Waals surface area contributed by atoms with E-state index in [-0.39, 0.29) is 11.7 Å². The van der Waals surface area contributed by atoms with E-state index in [2.05, 4.69) is 20.8 Å². The van der Waals surface area contributed by atoms with E-state index >= 15 is 0 Å². The van der Waals surface area contributed by atoms with Gasteiger partial charge in [-0.25, -0.2) is 0 Å². The SMILES string of the molecule is Cn1cc(Br)c2sc(CN3CCC(O)CC3)cc2c1=O. The Hall–Kier alpha value is -0.690. The van der Waals surface area contributed by atoms with Gasteiger partial charge in [-0.2, -0.15) is 0 Å². The molecule has 1 aliphatic rings. The van der Waals surface area contributed by atoms with Gasteiger partial charge in [0.1, 0.15) is 0 Å². The van der Waals surface area contributed by atoms with E-state index in [0.29, 0.717) is 0 Å². The minimum absolute atomic E-state index is 0.0553. The van der Waals surface area contributed by atoms with Crippen molar-refractivity contribution in [2.24, 2.45) is 7.05 Å². The summed E-state index contributed by atoms with van der Waals surface area (Å²) in [4.78, 5) is 15.7. The second-order valence-electron chi connectivity index (χ2n) is 5.36. The maximum Gasteiger partial charge on any atom is 0.259 e. The van der Waals surface area contributed by atoms with E-state index in [1.54, 1.807) is 23.0 Å². The van der Waals surface area contributed by atoms with E-state index in [9.17, 15) is 9.90 Å². The van der Waals surface area contributed by atoms with E-state index in [1.807, 2.05) is 12.3 Å². The van der Waals surface area contributed by atoms with Crippen LogP contribution in [0.5, 0.6) is 0 Å². The number of likely N-dealkylation sites (tertiary alicyclic amines) is 1. The number of rotatable bonds is 2. The second kappa shape index (κ2) is 5.60. The van der Waals surface area contributed by atoms with Crippen LogP contribution in [0.2, 0.25) is 0 Å². The number of piperidine rings is 1. The Morgan fingerprint density at radius 2 is 2.15 bits per heavy atom. The van der Waals surface area contributed by atoms with Crippen LogP contribution < -0.4 is 5.56 Å². The third-order valence-electron chi connectivity index (χ3n) is 3.79. The van der Waals surface area contributed by atoms with E-state index < -0.39 is 0 Å². The first kappa shape index (κ1) is 14.3. The van der Waals surface area contributed by atoms with Crippen molar-refractivity contribution < 1.29 is 5.11 Å². The number of nitrogens with zero attached hydrogens (tertiary/aromatic N) is 2. The van der Waals surface area contributed by atoms with Gasteiger partial charge in [0, 0.05) is 37.8 Å². The van der Waals surface area contributed by atoms with Gasteiger partial charge in [-0.3, -0.25) is 9.69 Å².